The molecule has 1 saturated heterocycles. The summed E-state index contributed by atoms with van der Waals surface area (Å²) in [6.45, 7) is 5.69. The molecule has 4 heterocycles. The van der Waals surface area contributed by atoms with Gasteiger partial charge in [-0.2, -0.15) is 0 Å². The van der Waals surface area contributed by atoms with Gasteiger partial charge in [0.25, 0.3) is 0 Å². The molecule has 1 fully saturated rings. The Morgan fingerprint density at radius 3 is 2.76 bits per heavy atom. The van der Waals surface area contributed by atoms with Crippen LogP contribution in [0.15, 0.2) is 36.5 Å². The molecule has 0 N–H and O–H groups in total. The Bertz CT molecular complexity index is 890. The molecule has 0 bridgehead atoms. The van der Waals surface area contributed by atoms with Crippen LogP contribution in [0.25, 0.3) is 5.65 Å². The molecule has 25 heavy (non-hydrogen) atoms. The number of hydrogen-bond donors (Lipinski definition) is 0. The third-order valence-electron chi connectivity index (χ3n) is 5.18. The molecule has 130 valence electrons. The summed E-state index contributed by atoms with van der Waals surface area (Å²) in [6, 6.07) is 10.1. The van der Waals surface area contributed by atoms with Crippen LogP contribution < -0.4 is 0 Å². The average Bonchev–Trinajstić information content (AvgIpc) is 3.32. The second-order valence-corrected chi connectivity index (χ2v) is 6.75. The molecule has 0 spiro atoms. The van der Waals surface area contributed by atoms with E-state index in [1.165, 1.54) is 11.4 Å². The topological polar surface area (TPSA) is 55.4 Å². The predicted molar refractivity (Wildman–Crippen MR) is 95.2 cm³/mol. The number of carbonyl (C=O) groups excluding carboxylic acids is 1. The lowest BCUT2D eigenvalue weighted by Crippen LogP contribution is -2.32. The Morgan fingerprint density at radius 1 is 1.16 bits per heavy atom. The number of fused-ring (bicyclic) bond motifs is 1. The van der Waals surface area contributed by atoms with E-state index >= 15 is 0 Å². The zero-order valence-corrected chi connectivity index (χ0v) is 14.7. The van der Waals surface area contributed by atoms with Gasteiger partial charge in [0.1, 0.15) is 0 Å². The van der Waals surface area contributed by atoms with Gasteiger partial charge in [0.2, 0.25) is 5.91 Å². The number of carbonyl (C=O) groups is 1. The molecule has 0 aliphatic carbocycles. The number of aryl methyl sites for hydroxylation is 2. The fourth-order valence-electron chi connectivity index (χ4n) is 3.82. The summed E-state index contributed by atoms with van der Waals surface area (Å²) in [4.78, 5) is 14.8. The lowest BCUT2D eigenvalue weighted by atomic mass is 10.2. The third-order valence-corrected chi connectivity index (χ3v) is 5.18. The molecule has 3 aromatic heterocycles. The van der Waals surface area contributed by atoms with Crippen LogP contribution in [0.2, 0.25) is 0 Å². The van der Waals surface area contributed by atoms with Crippen molar-refractivity contribution in [2.75, 3.05) is 6.54 Å². The zero-order valence-electron chi connectivity index (χ0n) is 14.7. The van der Waals surface area contributed by atoms with Crippen LogP contribution in [0.1, 0.15) is 42.5 Å². The van der Waals surface area contributed by atoms with E-state index in [9.17, 15) is 4.79 Å². The van der Waals surface area contributed by atoms with Gasteiger partial charge in [-0.05, 0) is 51.0 Å². The fourth-order valence-corrected chi connectivity index (χ4v) is 3.82. The van der Waals surface area contributed by atoms with Gasteiger partial charge in [-0.1, -0.05) is 6.07 Å². The highest BCUT2D eigenvalue weighted by Gasteiger charge is 2.32. The third kappa shape index (κ3) is 2.81. The summed E-state index contributed by atoms with van der Waals surface area (Å²) in [5.74, 6) is 1.07. The number of likely N-dealkylation sites (tertiary alicyclic amines) is 1. The van der Waals surface area contributed by atoms with Crippen LogP contribution in [0, 0.1) is 13.8 Å². The summed E-state index contributed by atoms with van der Waals surface area (Å²) in [5.41, 5.74) is 3.23. The zero-order chi connectivity index (χ0) is 17.4. The first kappa shape index (κ1) is 15.9. The van der Waals surface area contributed by atoms with Gasteiger partial charge in [0.15, 0.2) is 11.5 Å². The standard InChI is InChI=1S/C19H23N5O/c1-14-8-9-15(2)22(14)13-10-18(25)23-12-5-6-16(23)19-21-20-17-7-3-4-11-24(17)19/h3-4,7-9,11,16H,5-6,10,12-13H2,1-2H3/t16-/m1/s1. The van der Waals surface area contributed by atoms with Crippen LogP contribution in [0.5, 0.6) is 0 Å². The van der Waals surface area contributed by atoms with Crippen molar-refractivity contribution in [1.82, 2.24) is 24.1 Å². The fraction of sp³-hybridized carbons (Fsp3) is 0.421. The quantitative estimate of drug-likeness (QED) is 0.735. The van der Waals surface area contributed by atoms with E-state index < -0.39 is 0 Å². The molecule has 1 aliphatic rings. The summed E-state index contributed by atoms with van der Waals surface area (Å²) < 4.78 is 4.20. The molecule has 0 radical (unpaired) electrons. The second kappa shape index (κ2) is 6.35. The maximum absolute atomic E-state index is 12.9. The molecular formula is C19H23N5O. The Balaban J connectivity index is 1.52. The van der Waals surface area contributed by atoms with E-state index in [0.717, 1.165) is 37.4 Å². The minimum atomic E-state index is 0.0248. The van der Waals surface area contributed by atoms with Crippen molar-refractivity contribution >= 4 is 11.6 Å². The smallest absolute Gasteiger partial charge is 0.224 e. The van der Waals surface area contributed by atoms with Crippen LogP contribution in [-0.2, 0) is 11.3 Å². The van der Waals surface area contributed by atoms with Gasteiger partial charge in [-0.25, -0.2) is 0 Å². The van der Waals surface area contributed by atoms with E-state index in [2.05, 4.69) is 40.7 Å². The average molecular weight is 337 g/mol. The first-order valence-corrected chi connectivity index (χ1v) is 8.87. The molecule has 0 saturated carbocycles. The molecule has 4 rings (SSSR count). The normalized spacial score (nSPS) is 17.5. The van der Waals surface area contributed by atoms with Crippen LogP contribution >= 0.6 is 0 Å². The number of amides is 1. The van der Waals surface area contributed by atoms with Crippen molar-refractivity contribution in [2.24, 2.45) is 0 Å². The van der Waals surface area contributed by atoms with Gasteiger partial charge in [-0.3, -0.25) is 9.20 Å². The molecular weight excluding hydrogens is 314 g/mol. The van der Waals surface area contributed by atoms with E-state index in [-0.39, 0.29) is 11.9 Å². The van der Waals surface area contributed by atoms with E-state index in [4.69, 9.17) is 0 Å². The summed E-state index contributed by atoms with van der Waals surface area (Å²) in [6.07, 6.45) is 4.45. The number of pyridine rings is 1. The van der Waals surface area contributed by atoms with Crippen molar-refractivity contribution in [2.45, 2.75) is 45.7 Å². The molecule has 0 aromatic carbocycles. The first-order chi connectivity index (χ1) is 12.1. The largest absolute Gasteiger partial charge is 0.349 e. The van der Waals surface area contributed by atoms with E-state index in [1.54, 1.807) is 0 Å². The highest BCUT2D eigenvalue weighted by atomic mass is 16.2. The second-order valence-electron chi connectivity index (χ2n) is 6.75. The van der Waals surface area contributed by atoms with Crippen molar-refractivity contribution in [3.05, 3.63) is 53.7 Å². The molecule has 1 amide bonds. The Morgan fingerprint density at radius 2 is 1.96 bits per heavy atom. The predicted octanol–water partition coefficient (Wildman–Crippen LogP) is 2.90. The minimum absolute atomic E-state index is 0.0248. The van der Waals surface area contributed by atoms with Crippen molar-refractivity contribution in [3.8, 4) is 0 Å². The lowest BCUT2D eigenvalue weighted by Gasteiger charge is -2.24. The van der Waals surface area contributed by atoms with Gasteiger partial charge in [0.05, 0.1) is 6.04 Å². The molecule has 0 unspecified atom stereocenters. The van der Waals surface area contributed by atoms with Crippen LogP contribution in [0.4, 0.5) is 0 Å². The van der Waals surface area contributed by atoms with Gasteiger partial charge in [-0.15, -0.1) is 10.2 Å². The number of aromatic nitrogens is 4. The Kier molecular flexibility index (Phi) is 4.03. The monoisotopic (exact) mass is 337 g/mol. The highest BCUT2D eigenvalue weighted by Crippen LogP contribution is 2.31. The Labute approximate surface area is 147 Å². The van der Waals surface area contributed by atoms with Crippen LogP contribution in [0.3, 0.4) is 0 Å². The number of hydrogen-bond acceptors (Lipinski definition) is 3. The molecule has 3 aromatic rings. The SMILES string of the molecule is Cc1ccc(C)n1CCC(=O)N1CCC[C@@H]1c1nnc2ccccn12. The Hall–Kier alpha value is -2.63. The molecule has 6 nitrogen and oxygen atoms in total. The van der Waals surface area contributed by atoms with E-state index in [1.807, 2.05) is 33.7 Å². The summed E-state index contributed by atoms with van der Waals surface area (Å²) >= 11 is 0. The summed E-state index contributed by atoms with van der Waals surface area (Å²) in [7, 11) is 0. The lowest BCUT2D eigenvalue weighted by molar-refractivity contribution is -0.132. The maximum atomic E-state index is 12.9. The van der Waals surface area contributed by atoms with Crippen molar-refractivity contribution in [3.63, 3.8) is 0 Å². The van der Waals surface area contributed by atoms with E-state index in [0.29, 0.717) is 6.42 Å². The number of nitrogens with zero attached hydrogens (tertiary/aromatic N) is 5. The van der Waals surface area contributed by atoms with Gasteiger partial charge < -0.3 is 9.47 Å². The minimum Gasteiger partial charge on any atom is -0.349 e. The highest BCUT2D eigenvalue weighted by molar-refractivity contribution is 5.77. The molecule has 1 aliphatic heterocycles. The van der Waals surface area contributed by atoms with Crippen molar-refractivity contribution in [1.29, 1.82) is 0 Å². The first-order valence-electron chi connectivity index (χ1n) is 8.87. The van der Waals surface area contributed by atoms with Gasteiger partial charge in [0, 0.05) is 37.1 Å². The molecule has 6 heteroatoms. The van der Waals surface area contributed by atoms with Gasteiger partial charge >= 0.3 is 0 Å². The maximum Gasteiger partial charge on any atom is 0.224 e. The number of rotatable bonds is 4. The summed E-state index contributed by atoms with van der Waals surface area (Å²) in [5, 5.41) is 8.60. The molecule has 1 atom stereocenters. The van der Waals surface area contributed by atoms with Crippen LogP contribution in [-0.4, -0.2) is 36.5 Å². The van der Waals surface area contributed by atoms with Crippen molar-refractivity contribution < 1.29 is 4.79 Å².